The van der Waals surface area contributed by atoms with E-state index in [1.54, 1.807) is 0 Å². The van der Waals surface area contributed by atoms with Crippen molar-refractivity contribution < 1.29 is 31.5 Å². The minimum absolute atomic E-state index is 0.0214. The molecule has 2 aromatic heterocycles. The summed E-state index contributed by atoms with van der Waals surface area (Å²) in [4.78, 5) is 26.7. The molecule has 1 fully saturated rings. The maximum Gasteiger partial charge on any atom is 0.395 e. The molecule has 3 heterocycles. The normalized spacial score (nSPS) is 20.4. The zero-order chi connectivity index (χ0) is 26.2. The van der Waals surface area contributed by atoms with Gasteiger partial charge in [-0.2, -0.15) is 13.2 Å². The lowest BCUT2D eigenvalue weighted by atomic mass is 9.95. The Labute approximate surface area is 212 Å². The van der Waals surface area contributed by atoms with Crippen LogP contribution < -0.4 is 9.62 Å². The molecule has 2 N–H and O–H groups in total. The first kappa shape index (κ1) is 25.5. The molecular weight excluding hydrogens is 517 g/mol. The van der Waals surface area contributed by atoms with E-state index in [-0.39, 0.29) is 29.3 Å². The van der Waals surface area contributed by atoms with Crippen LogP contribution in [0.25, 0.3) is 11.0 Å². The smallest absolute Gasteiger partial charge is 0.378 e. The van der Waals surface area contributed by atoms with Gasteiger partial charge in [0.05, 0.1) is 41.3 Å². The molecule has 3 aromatic rings. The van der Waals surface area contributed by atoms with E-state index in [9.17, 15) is 22.4 Å². The van der Waals surface area contributed by atoms with E-state index < -0.39 is 35.1 Å². The van der Waals surface area contributed by atoms with Crippen LogP contribution in [0, 0.1) is 17.6 Å². The molecule has 0 bridgehead atoms. The van der Waals surface area contributed by atoms with Gasteiger partial charge >= 0.3 is 6.18 Å². The zero-order valence-electron chi connectivity index (χ0n) is 19.3. The van der Waals surface area contributed by atoms with Gasteiger partial charge in [0, 0.05) is 24.5 Å². The quantitative estimate of drug-likeness (QED) is 0.191. The molecule has 0 amide bonds. The first-order valence-electron chi connectivity index (χ1n) is 11.6. The lowest BCUT2D eigenvalue weighted by Gasteiger charge is -2.28. The maximum atomic E-state index is 15.4. The number of alkyl halides is 3. The van der Waals surface area contributed by atoms with E-state index in [4.69, 9.17) is 4.74 Å². The molecule has 1 aliphatic heterocycles. The van der Waals surface area contributed by atoms with E-state index in [1.807, 2.05) is 4.90 Å². The largest absolute Gasteiger partial charge is 0.395 e. The summed E-state index contributed by atoms with van der Waals surface area (Å²) in [6.07, 6.45) is 1.07. The number of halogens is 5. The van der Waals surface area contributed by atoms with Gasteiger partial charge in [0.15, 0.2) is 5.82 Å². The summed E-state index contributed by atoms with van der Waals surface area (Å²) < 4.78 is 76.9. The Hall–Kier alpha value is -3.19. The van der Waals surface area contributed by atoms with Crippen molar-refractivity contribution in [3.05, 3.63) is 59.6 Å². The molecule has 2 unspecified atom stereocenters. The summed E-state index contributed by atoms with van der Waals surface area (Å²) in [7, 11) is 0. The summed E-state index contributed by atoms with van der Waals surface area (Å²) in [6, 6.07) is 2.13. The van der Waals surface area contributed by atoms with Crippen molar-refractivity contribution in [3.63, 3.8) is 0 Å². The van der Waals surface area contributed by atoms with Gasteiger partial charge < -0.3 is 19.3 Å². The maximum absolute atomic E-state index is 15.4. The number of benzene rings is 1. The molecule has 2 atom stereocenters. The number of carbonyl (C=O) groups excluding carboxylic acids is 1. The number of aromatic amines is 1. The summed E-state index contributed by atoms with van der Waals surface area (Å²) in [5, 5.41) is 0.0107. The molecule has 1 aliphatic carbocycles. The van der Waals surface area contributed by atoms with Crippen molar-refractivity contribution in [2.45, 2.75) is 24.3 Å². The Morgan fingerprint density at radius 3 is 2.62 bits per heavy atom. The number of hydrogen-bond acceptors (Lipinski definition) is 7. The first-order valence-corrected chi connectivity index (χ1v) is 12.5. The van der Waals surface area contributed by atoms with E-state index in [2.05, 4.69) is 19.7 Å². The number of allylic oxidation sites excluding steroid dienone is 1. The standard InChI is InChI=1S/C24H22F5N5O2S/c25-16-5-6-17(33-37-14-3-1-13(2-4-14)24(27,28)29)20(26)19(16)21(35)15-11-30-22-18(15)23(32-12-31-22)34-7-9-36-10-8-34/h1,3,5-6,11-14,33H,2,4,7-10H2,(H,30,31,32). The van der Waals surface area contributed by atoms with E-state index in [1.165, 1.54) is 18.6 Å². The number of ether oxygens (including phenoxy) is 1. The van der Waals surface area contributed by atoms with Gasteiger partial charge in [0.25, 0.3) is 0 Å². The van der Waals surface area contributed by atoms with Crippen LogP contribution in [-0.2, 0) is 4.74 Å². The third kappa shape index (κ3) is 5.14. The SMILES string of the molecule is O=C(c1c(F)ccc(NSC2C=CC(C(F)(F)F)CC2)c1F)c1c[nH]c2ncnc(N3CCOCC3)c12. The number of nitrogens with zero attached hydrogens (tertiary/aromatic N) is 3. The third-order valence-corrected chi connectivity index (χ3v) is 7.42. The van der Waals surface area contributed by atoms with Crippen LogP contribution in [0.3, 0.4) is 0 Å². The second-order valence-electron chi connectivity index (χ2n) is 8.70. The van der Waals surface area contributed by atoms with Crippen molar-refractivity contribution in [3.8, 4) is 0 Å². The molecule has 0 radical (unpaired) electrons. The highest BCUT2D eigenvalue weighted by Gasteiger charge is 2.39. The molecule has 0 saturated carbocycles. The number of rotatable bonds is 6. The molecule has 5 rings (SSSR count). The second-order valence-corrected chi connectivity index (χ2v) is 9.75. The van der Waals surface area contributed by atoms with Crippen LogP contribution in [0.4, 0.5) is 33.5 Å². The average molecular weight is 540 g/mol. The van der Waals surface area contributed by atoms with Crippen LogP contribution in [0.15, 0.2) is 36.8 Å². The number of aromatic nitrogens is 3. The molecule has 13 heteroatoms. The van der Waals surface area contributed by atoms with Gasteiger partial charge in [-0.15, -0.1) is 0 Å². The first-order chi connectivity index (χ1) is 17.7. The molecule has 7 nitrogen and oxygen atoms in total. The number of fused-ring (bicyclic) bond motifs is 1. The fourth-order valence-corrected chi connectivity index (χ4v) is 5.28. The van der Waals surface area contributed by atoms with Gasteiger partial charge in [0.2, 0.25) is 5.78 Å². The van der Waals surface area contributed by atoms with Crippen LogP contribution in [0.1, 0.15) is 28.8 Å². The van der Waals surface area contributed by atoms with Crippen LogP contribution in [-0.4, -0.2) is 58.5 Å². The van der Waals surface area contributed by atoms with Gasteiger partial charge in [-0.05, 0) is 36.9 Å². The van der Waals surface area contributed by atoms with Crippen LogP contribution >= 0.6 is 11.9 Å². The molecule has 196 valence electrons. The number of carbonyl (C=O) groups is 1. The number of nitrogens with one attached hydrogen (secondary N) is 2. The number of H-pyrrole nitrogens is 1. The van der Waals surface area contributed by atoms with Gasteiger partial charge in [-0.1, -0.05) is 12.2 Å². The molecule has 1 saturated heterocycles. The van der Waals surface area contributed by atoms with Crippen LogP contribution in [0.5, 0.6) is 0 Å². The topological polar surface area (TPSA) is 83.1 Å². The van der Waals surface area contributed by atoms with Crippen molar-refractivity contribution >= 4 is 40.3 Å². The summed E-state index contributed by atoms with van der Waals surface area (Å²) in [5.41, 5.74) is -0.523. The highest BCUT2D eigenvalue weighted by Crippen LogP contribution is 2.37. The Morgan fingerprint density at radius 2 is 1.92 bits per heavy atom. The monoisotopic (exact) mass is 539 g/mol. The fraction of sp³-hybridized carbons (Fsp3) is 0.375. The lowest BCUT2D eigenvalue weighted by Crippen LogP contribution is -2.37. The van der Waals surface area contributed by atoms with Gasteiger partial charge in [-0.3, -0.25) is 4.79 Å². The summed E-state index contributed by atoms with van der Waals surface area (Å²) >= 11 is 1.00. The minimum atomic E-state index is -4.30. The minimum Gasteiger partial charge on any atom is -0.378 e. The number of anilines is 2. The molecule has 2 aliphatic rings. The Balaban J connectivity index is 1.40. The predicted molar refractivity (Wildman–Crippen MR) is 130 cm³/mol. The molecule has 37 heavy (non-hydrogen) atoms. The lowest BCUT2D eigenvalue weighted by molar-refractivity contribution is -0.163. The van der Waals surface area contributed by atoms with E-state index in [0.717, 1.165) is 30.2 Å². The van der Waals surface area contributed by atoms with Crippen molar-refractivity contribution in [2.75, 3.05) is 35.9 Å². The van der Waals surface area contributed by atoms with Crippen molar-refractivity contribution in [1.29, 1.82) is 0 Å². The predicted octanol–water partition coefficient (Wildman–Crippen LogP) is 5.26. The Bertz CT molecular complexity index is 1340. The molecular formula is C24H22F5N5O2S. The van der Waals surface area contributed by atoms with Gasteiger partial charge in [0.1, 0.15) is 23.6 Å². The number of ketones is 1. The number of morpholine rings is 1. The van der Waals surface area contributed by atoms with E-state index in [0.29, 0.717) is 43.2 Å². The Kier molecular flexibility index (Phi) is 7.08. The Morgan fingerprint density at radius 1 is 1.14 bits per heavy atom. The van der Waals surface area contributed by atoms with Crippen LogP contribution in [0.2, 0.25) is 0 Å². The third-order valence-electron chi connectivity index (χ3n) is 6.38. The van der Waals surface area contributed by atoms with Crippen molar-refractivity contribution in [1.82, 2.24) is 15.0 Å². The van der Waals surface area contributed by atoms with Crippen molar-refractivity contribution in [2.24, 2.45) is 5.92 Å². The summed E-state index contributed by atoms with van der Waals surface area (Å²) in [6.45, 7) is 2.01. The average Bonchev–Trinajstić information content (AvgIpc) is 3.33. The zero-order valence-corrected chi connectivity index (χ0v) is 20.1. The number of hydrogen-bond donors (Lipinski definition) is 2. The highest BCUT2D eigenvalue weighted by molar-refractivity contribution is 8.01. The fourth-order valence-electron chi connectivity index (χ4n) is 4.42. The second kappa shape index (κ2) is 10.3. The summed E-state index contributed by atoms with van der Waals surface area (Å²) in [5.74, 6) is -4.06. The highest BCUT2D eigenvalue weighted by atomic mass is 32.2. The molecule has 0 spiro atoms. The molecule has 1 aromatic carbocycles. The van der Waals surface area contributed by atoms with E-state index >= 15 is 4.39 Å². The van der Waals surface area contributed by atoms with Gasteiger partial charge in [-0.25, -0.2) is 18.7 Å².